The van der Waals surface area contributed by atoms with Gasteiger partial charge >= 0.3 is 6.18 Å². The van der Waals surface area contributed by atoms with Gasteiger partial charge in [0.25, 0.3) is 0 Å². The Morgan fingerprint density at radius 2 is 1.94 bits per heavy atom. The molecule has 1 aliphatic heterocycles. The van der Waals surface area contributed by atoms with Crippen LogP contribution in [0.3, 0.4) is 0 Å². The van der Waals surface area contributed by atoms with Crippen molar-refractivity contribution in [2.45, 2.75) is 25.4 Å². The molecule has 32 heavy (non-hydrogen) atoms. The van der Waals surface area contributed by atoms with Gasteiger partial charge in [0, 0.05) is 12.6 Å². The highest BCUT2D eigenvalue weighted by Crippen LogP contribution is 2.39. The molecule has 2 aromatic rings. The number of ether oxygens (including phenoxy) is 1. The predicted molar refractivity (Wildman–Crippen MR) is 116 cm³/mol. The highest BCUT2D eigenvalue weighted by atomic mass is 19.4. The Morgan fingerprint density at radius 1 is 1.25 bits per heavy atom. The van der Waals surface area contributed by atoms with Gasteiger partial charge in [-0.25, -0.2) is 4.98 Å². The lowest BCUT2D eigenvalue weighted by molar-refractivity contribution is -0.138. The highest BCUT2D eigenvalue weighted by molar-refractivity contribution is 5.77. The van der Waals surface area contributed by atoms with Crippen molar-refractivity contribution in [3.8, 4) is 23.1 Å². The van der Waals surface area contributed by atoms with Crippen LogP contribution in [0.2, 0.25) is 0 Å². The fourth-order valence-corrected chi connectivity index (χ4v) is 3.54. The molecule has 1 aromatic carbocycles. The van der Waals surface area contributed by atoms with E-state index in [1.54, 1.807) is 7.05 Å². The van der Waals surface area contributed by atoms with Crippen molar-refractivity contribution < 1.29 is 22.3 Å². The van der Waals surface area contributed by atoms with Crippen LogP contribution in [-0.4, -0.2) is 38.9 Å². The molecule has 0 unspecified atom stereocenters. The third-order valence-corrected chi connectivity index (χ3v) is 5.26. The molecule has 0 atom stereocenters. The number of halogens is 4. The molecular weight excluding hydrogens is 426 g/mol. The quantitative estimate of drug-likeness (QED) is 0.553. The number of anilines is 2. The van der Waals surface area contributed by atoms with Crippen LogP contribution in [-0.2, 0) is 6.18 Å². The summed E-state index contributed by atoms with van der Waals surface area (Å²) in [5.41, 5.74) is 5.94. The fraction of sp³-hybridized carbons (Fsp3) is 0.455. The van der Waals surface area contributed by atoms with E-state index in [9.17, 15) is 22.8 Å². The van der Waals surface area contributed by atoms with Crippen LogP contribution < -0.4 is 21.1 Å². The lowest BCUT2D eigenvalue weighted by atomic mass is 9.95. The molecule has 6 nitrogen and oxygen atoms in total. The van der Waals surface area contributed by atoms with E-state index in [4.69, 9.17) is 10.5 Å². The van der Waals surface area contributed by atoms with Gasteiger partial charge in [-0.2, -0.15) is 18.4 Å². The third-order valence-electron chi connectivity index (χ3n) is 5.26. The van der Waals surface area contributed by atoms with Crippen LogP contribution in [0.1, 0.15) is 30.5 Å². The maximum Gasteiger partial charge on any atom is 0.419 e. The van der Waals surface area contributed by atoms with E-state index in [0.717, 1.165) is 38.4 Å². The van der Waals surface area contributed by atoms with Gasteiger partial charge in [-0.15, -0.1) is 0 Å². The van der Waals surface area contributed by atoms with Crippen molar-refractivity contribution >= 4 is 11.4 Å². The van der Waals surface area contributed by atoms with Gasteiger partial charge in [0.1, 0.15) is 11.8 Å². The number of piperidine rings is 1. The van der Waals surface area contributed by atoms with Crippen molar-refractivity contribution in [2.75, 3.05) is 45.0 Å². The molecule has 0 bridgehead atoms. The van der Waals surface area contributed by atoms with E-state index in [2.05, 4.69) is 15.6 Å². The minimum atomic E-state index is -4.59. The smallest absolute Gasteiger partial charge is 0.419 e. The monoisotopic (exact) mass is 453 g/mol. The number of nitrogens with one attached hydrogen (secondary N) is 2. The number of alkyl halides is 4. The molecule has 3 rings (SSSR count). The number of nitrogens with zero attached hydrogens (tertiary/aromatic N) is 2. The number of benzene rings is 1. The predicted octanol–water partition coefficient (Wildman–Crippen LogP) is 4.62. The fourth-order valence-electron chi connectivity index (χ4n) is 3.54. The van der Waals surface area contributed by atoms with Crippen LogP contribution in [0, 0.1) is 17.2 Å². The number of nitriles is 1. The summed E-state index contributed by atoms with van der Waals surface area (Å²) in [6, 6.07) is 7.20. The van der Waals surface area contributed by atoms with E-state index in [1.807, 2.05) is 6.07 Å². The maximum absolute atomic E-state index is 13.7. The molecule has 0 spiro atoms. The third kappa shape index (κ3) is 6.23. The first-order valence-corrected chi connectivity index (χ1v) is 10.1. The van der Waals surface area contributed by atoms with Crippen molar-refractivity contribution in [1.29, 1.82) is 5.26 Å². The SMILES string of the molecule is CF.CNc1cc(-c2ccc(OCCC3CCNCC3)c(C(F)(F)F)c2)nc(C#N)c1N. The molecule has 1 aliphatic rings. The second-order valence-electron chi connectivity index (χ2n) is 7.22. The second kappa shape index (κ2) is 11.5. The molecule has 0 amide bonds. The summed E-state index contributed by atoms with van der Waals surface area (Å²) < 4.78 is 56.1. The Balaban J connectivity index is 0.00000176. The second-order valence-corrected chi connectivity index (χ2v) is 7.22. The highest BCUT2D eigenvalue weighted by Gasteiger charge is 2.35. The molecule has 1 fully saturated rings. The summed E-state index contributed by atoms with van der Waals surface area (Å²) in [6.07, 6.45) is -1.85. The zero-order chi connectivity index (χ0) is 23.7. The maximum atomic E-state index is 13.7. The lowest BCUT2D eigenvalue weighted by Gasteiger charge is -2.23. The molecule has 4 N–H and O–H groups in total. The van der Waals surface area contributed by atoms with Crippen LogP contribution in [0.5, 0.6) is 5.75 Å². The van der Waals surface area contributed by atoms with Gasteiger partial charge in [-0.05, 0) is 62.5 Å². The zero-order valence-corrected chi connectivity index (χ0v) is 18.0. The summed E-state index contributed by atoms with van der Waals surface area (Å²) in [6.45, 7) is 2.10. The van der Waals surface area contributed by atoms with Crippen LogP contribution in [0.15, 0.2) is 24.3 Å². The molecule has 174 valence electrons. The van der Waals surface area contributed by atoms with E-state index >= 15 is 0 Å². The lowest BCUT2D eigenvalue weighted by Crippen LogP contribution is -2.28. The number of aromatic nitrogens is 1. The first-order chi connectivity index (χ1) is 15.3. The normalized spacial score (nSPS) is 14.2. The van der Waals surface area contributed by atoms with E-state index < -0.39 is 11.7 Å². The number of nitrogen functional groups attached to an aromatic ring is 1. The first kappa shape index (κ1) is 25.2. The van der Waals surface area contributed by atoms with Gasteiger partial charge in [-0.3, -0.25) is 4.39 Å². The topological polar surface area (TPSA) is 96.0 Å². The molecule has 0 aliphatic carbocycles. The Kier molecular flexibility index (Phi) is 9.08. The van der Waals surface area contributed by atoms with Gasteiger partial charge in [0.2, 0.25) is 0 Å². The number of pyridine rings is 1. The molecule has 2 heterocycles. The van der Waals surface area contributed by atoms with E-state index in [-0.39, 0.29) is 35.0 Å². The molecule has 0 radical (unpaired) electrons. The Bertz CT molecular complexity index is 937. The van der Waals surface area contributed by atoms with Crippen molar-refractivity contribution in [3.63, 3.8) is 0 Å². The van der Waals surface area contributed by atoms with Crippen molar-refractivity contribution in [2.24, 2.45) is 5.92 Å². The minimum absolute atomic E-state index is 0.0484. The molecular formula is C22H27F4N5O. The average molecular weight is 453 g/mol. The molecule has 0 saturated carbocycles. The number of hydrogen-bond acceptors (Lipinski definition) is 6. The number of hydrogen-bond donors (Lipinski definition) is 3. The summed E-state index contributed by atoms with van der Waals surface area (Å²) in [7, 11) is 2.11. The van der Waals surface area contributed by atoms with Gasteiger partial charge < -0.3 is 21.1 Å². The van der Waals surface area contributed by atoms with Crippen LogP contribution >= 0.6 is 0 Å². The van der Waals surface area contributed by atoms with E-state index in [0.29, 0.717) is 18.8 Å². The van der Waals surface area contributed by atoms with Crippen LogP contribution in [0.25, 0.3) is 11.3 Å². The Labute approximate surface area is 184 Å². The Morgan fingerprint density at radius 3 is 2.53 bits per heavy atom. The Hall–Kier alpha value is -3.06. The molecule has 1 saturated heterocycles. The summed E-state index contributed by atoms with van der Waals surface area (Å²) >= 11 is 0. The van der Waals surface area contributed by atoms with Crippen LogP contribution in [0.4, 0.5) is 28.9 Å². The van der Waals surface area contributed by atoms with Gasteiger partial charge in [-0.1, -0.05) is 0 Å². The summed E-state index contributed by atoms with van der Waals surface area (Å²) in [5.74, 6) is 0.258. The van der Waals surface area contributed by atoms with Crippen molar-refractivity contribution in [3.05, 3.63) is 35.5 Å². The number of nitrogens with two attached hydrogens (primary N) is 1. The van der Waals surface area contributed by atoms with Gasteiger partial charge in [0.15, 0.2) is 5.69 Å². The van der Waals surface area contributed by atoms with Crippen molar-refractivity contribution in [1.82, 2.24) is 10.3 Å². The standard InChI is InChI=1S/C21H24F3N5O.CH3F/c1-27-17-11-16(29-18(12-25)20(17)26)14-2-3-19(15(10-14)21(22,23)24)30-9-6-13-4-7-28-8-5-13;1-2/h2-3,10-11,13,28H,4-9,26H2,1H3,(H,27,29);1H3. The average Bonchev–Trinajstić information content (AvgIpc) is 2.81. The zero-order valence-electron chi connectivity index (χ0n) is 18.0. The molecule has 10 heteroatoms. The minimum Gasteiger partial charge on any atom is -0.493 e. The van der Waals surface area contributed by atoms with Gasteiger partial charge in [0.05, 0.1) is 36.4 Å². The molecule has 1 aromatic heterocycles. The first-order valence-electron chi connectivity index (χ1n) is 10.1. The summed E-state index contributed by atoms with van der Waals surface area (Å²) in [4.78, 5) is 4.11. The number of rotatable bonds is 6. The summed E-state index contributed by atoms with van der Waals surface area (Å²) in [5, 5.41) is 15.3. The van der Waals surface area contributed by atoms with E-state index in [1.165, 1.54) is 18.2 Å². The largest absolute Gasteiger partial charge is 0.493 e.